The number of benzene rings is 2. The van der Waals surface area contributed by atoms with Gasteiger partial charge in [0.1, 0.15) is 0 Å². The first-order valence-corrected chi connectivity index (χ1v) is 9.52. The molecule has 25 heavy (non-hydrogen) atoms. The molecule has 2 aromatic rings. The van der Waals surface area contributed by atoms with Crippen molar-refractivity contribution in [2.75, 3.05) is 19.6 Å². The zero-order valence-corrected chi connectivity index (χ0v) is 16.6. The Morgan fingerprint density at radius 1 is 1.16 bits per heavy atom. The van der Waals surface area contributed by atoms with E-state index in [1.54, 1.807) is 11.8 Å². The number of thioether (sulfide) groups is 1. The molecular formula is C18H19Cl3N2OS. The molecule has 0 bridgehead atoms. The van der Waals surface area contributed by atoms with Crippen LogP contribution in [0.25, 0.3) is 0 Å². The van der Waals surface area contributed by atoms with Crippen LogP contribution in [0.2, 0.25) is 10.0 Å². The first-order chi connectivity index (χ1) is 11.6. The van der Waals surface area contributed by atoms with E-state index in [-0.39, 0.29) is 18.3 Å². The Hall–Kier alpha value is -0.910. The van der Waals surface area contributed by atoms with Gasteiger partial charge in [0, 0.05) is 41.8 Å². The van der Waals surface area contributed by atoms with Crippen LogP contribution in [0.5, 0.6) is 0 Å². The lowest BCUT2D eigenvalue weighted by Crippen LogP contribution is -2.48. The van der Waals surface area contributed by atoms with Crippen LogP contribution in [0.15, 0.2) is 47.4 Å². The number of carbonyl (C=O) groups excluding carboxylic acids is 1. The topological polar surface area (TPSA) is 41.1 Å². The van der Waals surface area contributed by atoms with Crippen molar-refractivity contribution in [3.63, 3.8) is 0 Å². The maximum absolute atomic E-state index is 12.2. The SMILES string of the molecule is Cl.O=C(NCC1CNC1)c1cccc(CSc2c(Cl)cccc2Cl)c1. The number of hydrogen-bond acceptors (Lipinski definition) is 3. The summed E-state index contributed by atoms with van der Waals surface area (Å²) in [6.07, 6.45) is 0. The van der Waals surface area contributed by atoms with Crippen molar-refractivity contribution in [2.45, 2.75) is 10.6 Å². The lowest BCUT2D eigenvalue weighted by molar-refractivity contribution is 0.0942. The van der Waals surface area contributed by atoms with Crippen molar-refractivity contribution < 1.29 is 4.79 Å². The summed E-state index contributed by atoms with van der Waals surface area (Å²) < 4.78 is 0. The molecule has 0 radical (unpaired) electrons. The normalized spacial score (nSPS) is 13.7. The molecular weight excluding hydrogens is 399 g/mol. The second kappa shape index (κ2) is 9.70. The van der Waals surface area contributed by atoms with E-state index in [1.165, 1.54) is 0 Å². The van der Waals surface area contributed by atoms with Crippen molar-refractivity contribution in [3.8, 4) is 0 Å². The average molecular weight is 418 g/mol. The summed E-state index contributed by atoms with van der Waals surface area (Å²) in [5.74, 6) is 1.23. The number of nitrogens with one attached hydrogen (secondary N) is 2. The monoisotopic (exact) mass is 416 g/mol. The lowest BCUT2D eigenvalue weighted by atomic mass is 10.0. The highest BCUT2D eigenvalue weighted by atomic mass is 35.5. The third-order valence-electron chi connectivity index (χ3n) is 3.91. The van der Waals surface area contributed by atoms with Crippen molar-refractivity contribution in [1.29, 1.82) is 0 Å². The molecule has 1 fully saturated rings. The Balaban J connectivity index is 0.00000225. The van der Waals surface area contributed by atoms with Crippen molar-refractivity contribution >= 4 is 53.3 Å². The number of rotatable bonds is 6. The maximum Gasteiger partial charge on any atom is 0.251 e. The van der Waals surface area contributed by atoms with Crippen LogP contribution >= 0.6 is 47.4 Å². The van der Waals surface area contributed by atoms with Gasteiger partial charge in [-0.25, -0.2) is 0 Å². The quantitative estimate of drug-likeness (QED) is 0.672. The first kappa shape index (κ1) is 20.4. The summed E-state index contributed by atoms with van der Waals surface area (Å²) in [6.45, 7) is 2.69. The molecule has 0 unspecified atom stereocenters. The Morgan fingerprint density at radius 3 is 2.48 bits per heavy atom. The van der Waals surface area contributed by atoms with Crippen LogP contribution in [0.3, 0.4) is 0 Å². The minimum absolute atomic E-state index is 0. The Morgan fingerprint density at radius 2 is 1.84 bits per heavy atom. The van der Waals surface area contributed by atoms with Crippen LogP contribution in [0, 0.1) is 5.92 Å². The summed E-state index contributed by atoms with van der Waals surface area (Å²) in [5.41, 5.74) is 1.75. The predicted octanol–water partition coefficient (Wildman–Crippen LogP) is 4.66. The van der Waals surface area contributed by atoms with Crippen molar-refractivity contribution in [1.82, 2.24) is 10.6 Å². The van der Waals surface area contributed by atoms with Crippen molar-refractivity contribution in [2.24, 2.45) is 5.92 Å². The molecule has 3 nitrogen and oxygen atoms in total. The zero-order chi connectivity index (χ0) is 16.9. The van der Waals surface area contributed by atoms with E-state index in [2.05, 4.69) is 10.6 Å². The molecule has 0 saturated carbocycles. The molecule has 2 N–H and O–H groups in total. The minimum atomic E-state index is -0.0236. The van der Waals surface area contributed by atoms with Gasteiger partial charge < -0.3 is 10.6 Å². The van der Waals surface area contributed by atoms with E-state index in [0.29, 0.717) is 27.3 Å². The Kier molecular flexibility index (Phi) is 7.91. The maximum atomic E-state index is 12.2. The van der Waals surface area contributed by atoms with Gasteiger partial charge in [-0.3, -0.25) is 4.79 Å². The molecule has 1 amide bonds. The molecule has 0 spiro atoms. The number of halogens is 3. The molecule has 1 heterocycles. The van der Waals surface area contributed by atoms with E-state index in [1.807, 2.05) is 42.5 Å². The van der Waals surface area contributed by atoms with Gasteiger partial charge in [0.15, 0.2) is 0 Å². The minimum Gasteiger partial charge on any atom is -0.352 e. The number of hydrogen-bond donors (Lipinski definition) is 2. The highest BCUT2D eigenvalue weighted by Crippen LogP contribution is 2.35. The largest absolute Gasteiger partial charge is 0.352 e. The Labute approximate surface area is 168 Å². The molecule has 7 heteroatoms. The van der Waals surface area contributed by atoms with E-state index >= 15 is 0 Å². The molecule has 0 atom stereocenters. The number of carbonyl (C=O) groups is 1. The fraction of sp³-hybridized carbons (Fsp3) is 0.278. The van der Waals surface area contributed by atoms with Crippen LogP contribution in [-0.4, -0.2) is 25.5 Å². The van der Waals surface area contributed by atoms with E-state index in [9.17, 15) is 4.79 Å². The lowest BCUT2D eigenvalue weighted by Gasteiger charge is -2.27. The molecule has 1 aliphatic rings. The second-order valence-corrected chi connectivity index (χ2v) is 7.57. The van der Waals surface area contributed by atoms with Gasteiger partial charge in [0.25, 0.3) is 5.91 Å². The third-order valence-corrected chi connectivity index (χ3v) is 5.97. The van der Waals surface area contributed by atoms with E-state index in [4.69, 9.17) is 23.2 Å². The van der Waals surface area contributed by atoms with Gasteiger partial charge in [-0.15, -0.1) is 24.2 Å². The molecule has 0 aromatic heterocycles. The summed E-state index contributed by atoms with van der Waals surface area (Å²) in [7, 11) is 0. The van der Waals surface area contributed by atoms with Crippen LogP contribution in [0.4, 0.5) is 0 Å². The standard InChI is InChI=1S/C18H18Cl2N2OS.ClH/c19-15-5-2-6-16(20)17(15)24-11-12-3-1-4-14(7-12)18(23)22-10-13-8-21-9-13;/h1-7,13,21H,8-11H2,(H,22,23);1H. The van der Waals surface area contributed by atoms with Crippen LogP contribution < -0.4 is 10.6 Å². The average Bonchev–Trinajstić information content (AvgIpc) is 2.53. The molecule has 0 aliphatic carbocycles. The molecule has 134 valence electrons. The van der Waals surface area contributed by atoms with Gasteiger partial charge in [-0.05, 0) is 29.8 Å². The smallest absolute Gasteiger partial charge is 0.251 e. The van der Waals surface area contributed by atoms with E-state index < -0.39 is 0 Å². The second-order valence-electron chi connectivity index (χ2n) is 5.77. The highest BCUT2D eigenvalue weighted by molar-refractivity contribution is 7.98. The van der Waals surface area contributed by atoms with Gasteiger partial charge in [0.2, 0.25) is 0 Å². The summed E-state index contributed by atoms with van der Waals surface area (Å²) >= 11 is 14.0. The number of amides is 1. The zero-order valence-electron chi connectivity index (χ0n) is 13.4. The Bertz CT molecular complexity index is 718. The molecule has 1 saturated heterocycles. The van der Waals surface area contributed by atoms with Gasteiger partial charge >= 0.3 is 0 Å². The highest BCUT2D eigenvalue weighted by Gasteiger charge is 2.17. The van der Waals surface area contributed by atoms with Gasteiger partial charge in [-0.2, -0.15) is 0 Å². The first-order valence-electron chi connectivity index (χ1n) is 7.78. The fourth-order valence-corrected chi connectivity index (χ4v) is 4.04. The van der Waals surface area contributed by atoms with E-state index in [0.717, 1.165) is 30.1 Å². The molecule has 1 aliphatic heterocycles. The fourth-order valence-electron chi connectivity index (χ4n) is 2.41. The molecule has 3 rings (SSSR count). The van der Waals surface area contributed by atoms with Crippen molar-refractivity contribution in [3.05, 3.63) is 63.6 Å². The van der Waals surface area contributed by atoms with Crippen LogP contribution in [-0.2, 0) is 5.75 Å². The van der Waals surface area contributed by atoms with Gasteiger partial charge in [0.05, 0.1) is 10.0 Å². The summed E-state index contributed by atoms with van der Waals surface area (Å²) in [4.78, 5) is 13.1. The molecule has 2 aromatic carbocycles. The predicted molar refractivity (Wildman–Crippen MR) is 108 cm³/mol. The van der Waals surface area contributed by atoms with Gasteiger partial charge in [-0.1, -0.05) is 41.4 Å². The third kappa shape index (κ3) is 5.53. The van der Waals surface area contributed by atoms with Crippen LogP contribution in [0.1, 0.15) is 15.9 Å². The summed E-state index contributed by atoms with van der Waals surface area (Å²) in [5, 5.41) is 7.49. The summed E-state index contributed by atoms with van der Waals surface area (Å²) in [6, 6.07) is 13.2.